The molecule has 0 aliphatic rings. The van der Waals surface area contributed by atoms with Gasteiger partial charge in [-0.2, -0.15) is 13.2 Å². The lowest BCUT2D eigenvalue weighted by molar-refractivity contribution is -0.138. The Kier molecular flexibility index (Phi) is 4.12. The van der Waals surface area contributed by atoms with E-state index >= 15 is 0 Å². The minimum Gasteiger partial charge on any atom is -0.496 e. The van der Waals surface area contributed by atoms with E-state index in [0.29, 0.717) is 6.07 Å². The van der Waals surface area contributed by atoms with Crippen LogP contribution in [0.5, 0.6) is 5.75 Å². The number of alkyl halides is 3. The summed E-state index contributed by atoms with van der Waals surface area (Å²) in [5.41, 5.74) is -1.12. The number of carboxylic acids is 1. The Hall–Kier alpha value is -1.72. The summed E-state index contributed by atoms with van der Waals surface area (Å²) < 4.78 is 44.0. The average molecular weight is 276 g/mol. The lowest BCUT2D eigenvalue weighted by Gasteiger charge is -2.21. The van der Waals surface area contributed by atoms with Gasteiger partial charge in [0.1, 0.15) is 11.3 Å². The van der Waals surface area contributed by atoms with Gasteiger partial charge in [0.2, 0.25) is 0 Å². The first kappa shape index (κ1) is 15.3. The molecule has 106 valence electrons. The molecule has 0 radical (unpaired) electrons. The molecule has 0 spiro atoms. The number of benzene rings is 1. The summed E-state index contributed by atoms with van der Waals surface area (Å²) in [5, 5.41) is 8.99. The third-order valence-corrected chi connectivity index (χ3v) is 2.89. The minimum atomic E-state index is -4.60. The molecule has 1 aromatic carbocycles. The maximum atomic E-state index is 13.0. The molecular formula is C13H15F3O3. The summed E-state index contributed by atoms with van der Waals surface area (Å²) in [6.45, 7) is 4.69. The highest BCUT2D eigenvalue weighted by Crippen LogP contribution is 2.41. The molecule has 0 aliphatic heterocycles. The summed E-state index contributed by atoms with van der Waals surface area (Å²) >= 11 is 0. The van der Waals surface area contributed by atoms with Crippen LogP contribution >= 0.6 is 0 Å². The van der Waals surface area contributed by atoms with E-state index in [-0.39, 0.29) is 16.9 Å². The van der Waals surface area contributed by atoms with Gasteiger partial charge in [-0.3, -0.25) is 0 Å². The van der Waals surface area contributed by atoms with Crippen molar-refractivity contribution in [1.29, 1.82) is 0 Å². The molecule has 19 heavy (non-hydrogen) atoms. The van der Waals surface area contributed by atoms with Crippen molar-refractivity contribution in [3.05, 3.63) is 28.3 Å². The standard InChI is InChI=1S/C13H15F3O3/c1-6(2)10-7(3)11(19-4)8(12(17)18)5-9(10)13(14,15)16/h5-6H,1-4H3,(H,17,18). The fraction of sp³-hybridized carbons (Fsp3) is 0.462. The molecule has 0 atom stereocenters. The highest BCUT2D eigenvalue weighted by Gasteiger charge is 2.37. The van der Waals surface area contributed by atoms with Crippen LogP contribution in [0, 0.1) is 6.92 Å². The van der Waals surface area contributed by atoms with E-state index in [1.54, 1.807) is 13.8 Å². The van der Waals surface area contributed by atoms with Crippen molar-refractivity contribution in [3.8, 4) is 5.75 Å². The molecule has 0 bridgehead atoms. The molecule has 0 amide bonds. The van der Waals surface area contributed by atoms with Gasteiger partial charge in [0.15, 0.2) is 0 Å². The summed E-state index contributed by atoms with van der Waals surface area (Å²) in [7, 11) is 1.24. The Morgan fingerprint density at radius 3 is 2.21 bits per heavy atom. The molecule has 1 rings (SSSR count). The molecule has 0 fully saturated rings. The van der Waals surface area contributed by atoms with Crippen molar-refractivity contribution < 1.29 is 27.8 Å². The predicted octanol–water partition coefficient (Wildman–Crippen LogP) is 3.84. The van der Waals surface area contributed by atoms with Crippen molar-refractivity contribution in [1.82, 2.24) is 0 Å². The van der Waals surface area contributed by atoms with Gasteiger partial charge in [0, 0.05) is 0 Å². The first-order valence-electron chi connectivity index (χ1n) is 5.63. The quantitative estimate of drug-likeness (QED) is 0.912. The summed E-state index contributed by atoms with van der Waals surface area (Å²) in [6, 6.07) is 0.642. The monoisotopic (exact) mass is 276 g/mol. The van der Waals surface area contributed by atoms with Crippen molar-refractivity contribution in [2.45, 2.75) is 32.9 Å². The van der Waals surface area contributed by atoms with Gasteiger partial charge in [0.25, 0.3) is 0 Å². The van der Waals surface area contributed by atoms with Gasteiger partial charge in [0.05, 0.1) is 12.7 Å². The maximum absolute atomic E-state index is 13.0. The second-order valence-corrected chi connectivity index (χ2v) is 4.50. The Balaban J connectivity index is 3.77. The van der Waals surface area contributed by atoms with E-state index in [1.165, 1.54) is 14.0 Å². The number of methoxy groups -OCH3 is 1. The Morgan fingerprint density at radius 1 is 1.37 bits per heavy atom. The lowest BCUT2D eigenvalue weighted by Crippen LogP contribution is -2.15. The first-order valence-corrected chi connectivity index (χ1v) is 5.63. The highest BCUT2D eigenvalue weighted by molar-refractivity contribution is 5.92. The van der Waals surface area contributed by atoms with E-state index in [2.05, 4.69) is 0 Å². The fourth-order valence-electron chi connectivity index (χ4n) is 2.21. The molecular weight excluding hydrogens is 261 g/mol. The van der Waals surface area contributed by atoms with Crippen LogP contribution in [0.25, 0.3) is 0 Å². The zero-order valence-electron chi connectivity index (χ0n) is 11.1. The SMILES string of the molecule is COc1c(C(=O)O)cc(C(F)(F)F)c(C(C)C)c1C. The van der Waals surface area contributed by atoms with Gasteiger partial charge in [-0.1, -0.05) is 13.8 Å². The van der Waals surface area contributed by atoms with Gasteiger partial charge in [-0.25, -0.2) is 4.79 Å². The average Bonchev–Trinajstić information content (AvgIpc) is 2.25. The third kappa shape index (κ3) is 2.83. The number of halogens is 3. The van der Waals surface area contributed by atoms with E-state index < -0.39 is 29.2 Å². The molecule has 1 aromatic rings. The first-order chi connectivity index (χ1) is 8.61. The number of hydrogen-bond donors (Lipinski definition) is 1. The van der Waals surface area contributed by atoms with E-state index in [9.17, 15) is 18.0 Å². The number of carbonyl (C=O) groups is 1. The van der Waals surface area contributed by atoms with Crippen LogP contribution in [0.4, 0.5) is 13.2 Å². The summed E-state index contributed by atoms with van der Waals surface area (Å²) in [4.78, 5) is 11.0. The zero-order chi connectivity index (χ0) is 15.0. The van der Waals surface area contributed by atoms with Crippen LogP contribution in [0.3, 0.4) is 0 Å². The van der Waals surface area contributed by atoms with Gasteiger partial charge >= 0.3 is 12.1 Å². The molecule has 0 aromatic heterocycles. The van der Waals surface area contributed by atoms with Gasteiger partial charge < -0.3 is 9.84 Å². The van der Waals surface area contributed by atoms with Crippen LogP contribution < -0.4 is 4.74 Å². The van der Waals surface area contributed by atoms with Crippen molar-refractivity contribution in [2.75, 3.05) is 7.11 Å². The lowest BCUT2D eigenvalue weighted by atomic mass is 9.89. The minimum absolute atomic E-state index is 0.0239. The number of ether oxygens (including phenoxy) is 1. The van der Waals surface area contributed by atoms with Crippen LogP contribution in [0.1, 0.15) is 46.8 Å². The second-order valence-electron chi connectivity index (χ2n) is 4.50. The molecule has 0 unspecified atom stereocenters. The highest BCUT2D eigenvalue weighted by atomic mass is 19.4. The molecule has 6 heteroatoms. The van der Waals surface area contributed by atoms with Crippen molar-refractivity contribution in [3.63, 3.8) is 0 Å². The number of hydrogen-bond acceptors (Lipinski definition) is 2. The molecule has 0 saturated carbocycles. The maximum Gasteiger partial charge on any atom is 0.416 e. The van der Waals surface area contributed by atoms with Gasteiger partial charge in [-0.05, 0) is 30.0 Å². The van der Waals surface area contributed by atoms with Crippen LogP contribution in [0.15, 0.2) is 6.07 Å². The fourth-order valence-corrected chi connectivity index (χ4v) is 2.21. The topological polar surface area (TPSA) is 46.5 Å². The summed E-state index contributed by atoms with van der Waals surface area (Å²) in [6.07, 6.45) is -4.60. The van der Waals surface area contributed by atoms with Gasteiger partial charge in [-0.15, -0.1) is 0 Å². The zero-order valence-corrected chi connectivity index (χ0v) is 11.1. The Bertz CT molecular complexity index is 505. The van der Waals surface area contributed by atoms with Crippen molar-refractivity contribution in [2.24, 2.45) is 0 Å². The Morgan fingerprint density at radius 2 is 1.89 bits per heavy atom. The predicted molar refractivity (Wildman–Crippen MR) is 63.8 cm³/mol. The molecule has 0 saturated heterocycles. The normalized spacial score (nSPS) is 11.8. The van der Waals surface area contributed by atoms with Crippen LogP contribution in [-0.2, 0) is 6.18 Å². The smallest absolute Gasteiger partial charge is 0.416 e. The third-order valence-electron chi connectivity index (χ3n) is 2.89. The molecule has 3 nitrogen and oxygen atoms in total. The molecule has 0 aliphatic carbocycles. The second kappa shape index (κ2) is 5.11. The Labute approximate surface area is 109 Å². The van der Waals surface area contributed by atoms with E-state index in [1.807, 2.05) is 0 Å². The molecule has 1 N–H and O–H groups in total. The number of aromatic carboxylic acids is 1. The molecule has 0 heterocycles. The largest absolute Gasteiger partial charge is 0.496 e. The number of rotatable bonds is 3. The number of carboxylic acid groups (broad SMARTS) is 1. The van der Waals surface area contributed by atoms with E-state index in [4.69, 9.17) is 9.84 Å². The van der Waals surface area contributed by atoms with Crippen LogP contribution in [0.2, 0.25) is 0 Å². The van der Waals surface area contributed by atoms with Crippen molar-refractivity contribution >= 4 is 5.97 Å². The van der Waals surface area contributed by atoms with Crippen LogP contribution in [-0.4, -0.2) is 18.2 Å². The summed E-state index contributed by atoms with van der Waals surface area (Å²) in [5.74, 6) is -1.86. The van der Waals surface area contributed by atoms with E-state index in [0.717, 1.165) is 0 Å².